The molecule has 1 N–H and O–H groups in total. The molecule has 3 aromatic rings. The van der Waals surface area contributed by atoms with Crippen molar-refractivity contribution in [3.05, 3.63) is 100 Å². The Balaban J connectivity index is 0.000000294. The molecule has 0 aliphatic carbocycles. The van der Waals surface area contributed by atoms with Crippen molar-refractivity contribution in [3.8, 4) is 11.5 Å². The van der Waals surface area contributed by atoms with Crippen LogP contribution in [0.1, 0.15) is 11.1 Å². The maximum atomic E-state index is 12.1. The smallest absolute Gasteiger partial charge is 0.573 e. The molecule has 7 nitrogen and oxygen atoms in total. The van der Waals surface area contributed by atoms with E-state index in [1.165, 1.54) is 35.0 Å². The van der Waals surface area contributed by atoms with Crippen LogP contribution in [0, 0.1) is 0 Å². The lowest BCUT2D eigenvalue weighted by atomic mass is 10.2. The van der Waals surface area contributed by atoms with Gasteiger partial charge in [-0.25, -0.2) is 4.79 Å². The molecule has 15 heteroatoms. The Morgan fingerprint density at radius 3 is 1.55 bits per heavy atom. The van der Waals surface area contributed by atoms with Crippen LogP contribution in [0.3, 0.4) is 0 Å². The van der Waals surface area contributed by atoms with E-state index in [0.29, 0.717) is 11.1 Å². The number of pyridine rings is 1. The molecule has 212 valence electrons. The summed E-state index contributed by atoms with van der Waals surface area (Å²) in [5.74, 6) is -2.75. The molecule has 0 fully saturated rings. The zero-order valence-corrected chi connectivity index (χ0v) is 21.2. The van der Waals surface area contributed by atoms with Gasteiger partial charge in [0, 0.05) is 12.1 Å². The quantitative estimate of drug-likeness (QED) is 0.118. The summed E-state index contributed by atoms with van der Waals surface area (Å²) in [5, 5.41) is 23.4. The van der Waals surface area contributed by atoms with Crippen LogP contribution in [0.2, 0.25) is 0 Å². The molecule has 0 amide bonds. The first-order valence-electron chi connectivity index (χ1n) is 10.5. The SMILES string of the molecule is O=C(O)/C(Cl)=C/c1ccc(OC(F)(F)F)cc1.[O-]C(=N[n+]1ccccc1)/C(Cl)=C/c1ccc(OC(F)(F)F)cc1. The van der Waals surface area contributed by atoms with E-state index in [4.69, 9.17) is 28.3 Å². The molecule has 40 heavy (non-hydrogen) atoms. The van der Waals surface area contributed by atoms with Crippen molar-refractivity contribution in [2.24, 2.45) is 5.10 Å². The Labute approximate surface area is 232 Å². The standard InChI is InChI=1S/C15H10ClF3N2O2.C10H6ClF3O3/c16-13(14(22)20-21-8-2-1-3-9-21)10-11-4-6-12(7-5-11)23-15(17,18)19;11-8(9(15)16)5-6-1-3-7(4-2-6)17-10(12,13)14/h1-10H;1-5H,(H,15,16)/b13-10-;8-5-. The number of carboxylic acid groups (broad SMARTS) is 1. The normalized spacial score (nSPS) is 12.8. The van der Waals surface area contributed by atoms with E-state index < -0.39 is 29.6 Å². The molecule has 0 bridgehead atoms. The topological polar surface area (TPSA) is 95.1 Å². The van der Waals surface area contributed by atoms with Crippen LogP contribution in [-0.2, 0) is 4.79 Å². The summed E-state index contributed by atoms with van der Waals surface area (Å²) in [6.07, 6.45) is -3.97. The lowest BCUT2D eigenvalue weighted by molar-refractivity contribution is -0.681. The van der Waals surface area contributed by atoms with Crippen molar-refractivity contribution in [2.75, 3.05) is 0 Å². The number of ether oxygens (including phenoxy) is 2. The van der Waals surface area contributed by atoms with Gasteiger partial charge < -0.3 is 19.7 Å². The molecule has 0 unspecified atom stereocenters. The summed E-state index contributed by atoms with van der Waals surface area (Å²) in [4.78, 5) is 10.4. The maximum absolute atomic E-state index is 12.1. The minimum atomic E-state index is -4.75. The molecule has 0 atom stereocenters. The van der Waals surface area contributed by atoms with Gasteiger partial charge >= 0.3 is 18.7 Å². The number of alkyl halides is 6. The molecule has 1 aromatic heterocycles. The number of rotatable bonds is 7. The highest BCUT2D eigenvalue weighted by Gasteiger charge is 2.31. The summed E-state index contributed by atoms with van der Waals surface area (Å²) >= 11 is 11.2. The summed E-state index contributed by atoms with van der Waals surface area (Å²) in [6.45, 7) is 0. The van der Waals surface area contributed by atoms with E-state index in [0.717, 1.165) is 30.3 Å². The predicted octanol–water partition coefficient (Wildman–Crippen LogP) is 5.92. The van der Waals surface area contributed by atoms with Gasteiger partial charge in [0.1, 0.15) is 16.5 Å². The Hall–Kier alpha value is -4.23. The summed E-state index contributed by atoms with van der Waals surface area (Å²) in [6, 6.07) is 14.7. The second-order valence-electron chi connectivity index (χ2n) is 7.18. The molecule has 0 saturated carbocycles. The van der Waals surface area contributed by atoms with Crippen LogP contribution in [0.4, 0.5) is 26.3 Å². The van der Waals surface area contributed by atoms with Crippen LogP contribution in [0.5, 0.6) is 11.5 Å². The van der Waals surface area contributed by atoms with E-state index >= 15 is 0 Å². The highest BCUT2D eigenvalue weighted by atomic mass is 35.5. The Morgan fingerprint density at radius 1 is 0.775 bits per heavy atom. The first-order valence-corrected chi connectivity index (χ1v) is 11.3. The van der Waals surface area contributed by atoms with E-state index in [1.54, 1.807) is 30.6 Å². The lowest BCUT2D eigenvalue weighted by Crippen LogP contribution is -2.32. The summed E-state index contributed by atoms with van der Waals surface area (Å²) < 4.78 is 80.3. The molecule has 0 aliphatic heterocycles. The fourth-order valence-corrected chi connectivity index (χ4v) is 2.85. The monoisotopic (exact) mass is 608 g/mol. The van der Waals surface area contributed by atoms with Crippen molar-refractivity contribution in [3.63, 3.8) is 0 Å². The maximum Gasteiger partial charge on any atom is 0.573 e. The molecular weight excluding hydrogens is 593 g/mol. The second-order valence-corrected chi connectivity index (χ2v) is 8.00. The van der Waals surface area contributed by atoms with Crippen LogP contribution in [-0.4, -0.2) is 29.7 Å². The fraction of sp³-hybridized carbons (Fsp3) is 0.0800. The molecule has 0 saturated heterocycles. The van der Waals surface area contributed by atoms with Gasteiger partial charge in [0.15, 0.2) is 0 Å². The second kappa shape index (κ2) is 14.2. The highest BCUT2D eigenvalue weighted by Crippen LogP contribution is 2.24. The number of carbonyl (C=O) groups is 1. The van der Waals surface area contributed by atoms with Gasteiger partial charge in [0.05, 0.1) is 10.9 Å². The van der Waals surface area contributed by atoms with Crippen molar-refractivity contribution in [2.45, 2.75) is 12.7 Å². The minimum absolute atomic E-state index is 0.175. The van der Waals surface area contributed by atoms with Gasteiger partial charge in [-0.05, 0) is 52.6 Å². The Bertz CT molecular complexity index is 1360. The third kappa shape index (κ3) is 12.5. The van der Waals surface area contributed by atoms with Gasteiger partial charge in [-0.3, -0.25) is 0 Å². The first-order chi connectivity index (χ1) is 18.6. The number of halogens is 8. The Kier molecular flexibility index (Phi) is 11.4. The largest absolute Gasteiger partial charge is 0.853 e. The summed E-state index contributed by atoms with van der Waals surface area (Å²) in [5.41, 5.74) is 0.790. The summed E-state index contributed by atoms with van der Waals surface area (Å²) in [7, 11) is 0. The van der Waals surface area contributed by atoms with Gasteiger partial charge in [0.25, 0.3) is 0 Å². The van der Waals surface area contributed by atoms with Gasteiger partial charge in [-0.1, -0.05) is 58.2 Å². The highest BCUT2D eigenvalue weighted by molar-refractivity contribution is 6.43. The number of nitrogens with zero attached hydrogens (tertiary/aromatic N) is 2. The van der Waals surface area contributed by atoms with Crippen LogP contribution >= 0.6 is 23.2 Å². The molecule has 3 rings (SSSR count). The van der Waals surface area contributed by atoms with Crippen molar-refractivity contribution >= 4 is 47.2 Å². The van der Waals surface area contributed by atoms with Gasteiger partial charge in [-0.15, -0.1) is 26.3 Å². The lowest BCUT2D eigenvalue weighted by Gasteiger charge is -2.09. The molecule has 0 spiro atoms. The van der Waals surface area contributed by atoms with Gasteiger partial charge in [-0.2, -0.15) is 0 Å². The number of hydrogen-bond donors (Lipinski definition) is 1. The molecular formula is C25H16Cl2F6N2O5. The van der Waals surface area contributed by atoms with Crippen LogP contribution in [0.15, 0.2) is 94.3 Å². The van der Waals surface area contributed by atoms with E-state index in [9.17, 15) is 36.2 Å². The van der Waals surface area contributed by atoms with Crippen LogP contribution in [0.25, 0.3) is 12.2 Å². The zero-order chi connectivity index (χ0) is 29.9. The fourth-order valence-electron chi connectivity index (χ4n) is 2.56. The molecule has 1 heterocycles. The zero-order valence-electron chi connectivity index (χ0n) is 19.7. The van der Waals surface area contributed by atoms with E-state index in [-0.39, 0.29) is 16.5 Å². The Morgan fingerprint density at radius 2 is 1.18 bits per heavy atom. The molecule has 2 aromatic carbocycles. The number of carboxylic acids is 1. The first kappa shape index (κ1) is 32.0. The number of aromatic nitrogens is 1. The van der Waals surface area contributed by atoms with E-state index in [2.05, 4.69) is 14.6 Å². The average molecular weight is 609 g/mol. The molecule has 0 radical (unpaired) electrons. The third-order valence-electron chi connectivity index (χ3n) is 4.13. The molecule has 0 aliphatic rings. The number of aliphatic carboxylic acids is 1. The van der Waals surface area contributed by atoms with Gasteiger partial charge in [0.2, 0.25) is 12.4 Å². The van der Waals surface area contributed by atoms with Crippen LogP contribution < -0.4 is 19.3 Å². The minimum Gasteiger partial charge on any atom is -0.853 e. The predicted molar refractivity (Wildman–Crippen MR) is 131 cm³/mol. The van der Waals surface area contributed by atoms with Crippen molar-refractivity contribution in [1.82, 2.24) is 0 Å². The number of benzene rings is 2. The third-order valence-corrected chi connectivity index (χ3v) is 4.67. The van der Waals surface area contributed by atoms with Crippen molar-refractivity contribution < 1.29 is 55.5 Å². The van der Waals surface area contributed by atoms with E-state index in [1.807, 2.05) is 0 Å². The number of hydrogen-bond acceptors (Lipinski definition) is 5. The van der Waals surface area contributed by atoms with Crippen molar-refractivity contribution in [1.29, 1.82) is 0 Å². The average Bonchev–Trinajstić information content (AvgIpc) is 2.85.